The summed E-state index contributed by atoms with van der Waals surface area (Å²) >= 11 is 0. The maximum atomic E-state index is 4.26. The molecule has 3 heteroatoms. The van der Waals surface area contributed by atoms with Crippen molar-refractivity contribution >= 4 is 0 Å². The van der Waals surface area contributed by atoms with Gasteiger partial charge >= 0.3 is 0 Å². The molecule has 1 aromatic heterocycles. The lowest BCUT2D eigenvalue weighted by Crippen LogP contribution is -2.36. The van der Waals surface area contributed by atoms with Gasteiger partial charge in [0.05, 0.1) is 12.0 Å². The molecule has 0 aromatic carbocycles. The Balaban J connectivity index is 2.66. The van der Waals surface area contributed by atoms with E-state index in [0.29, 0.717) is 5.41 Å². The van der Waals surface area contributed by atoms with Crippen molar-refractivity contribution in [2.45, 2.75) is 66.6 Å². The summed E-state index contributed by atoms with van der Waals surface area (Å²) in [6, 6.07) is 0. The fourth-order valence-corrected chi connectivity index (χ4v) is 1.57. The summed E-state index contributed by atoms with van der Waals surface area (Å²) in [5, 5.41) is 3.51. The van der Waals surface area contributed by atoms with Gasteiger partial charge in [0.1, 0.15) is 0 Å². The first kappa shape index (κ1) is 14.2. The van der Waals surface area contributed by atoms with Crippen LogP contribution in [0.25, 0.3) is 0 Å². The highest BCUT2D eigenvalue weighted by Gasteiger charge is 2.18. The summed E-state index contributed by atoms with van der Waals surface area (Å²) in [5.41, 5.74) is 1.74. The average Bonchev–Trinajstić information content (AvgIpc) is 2.60. The lowest BCUT2D eigenvalue weighted by Gasteiger charge is -2.25. The van der Waals surface area contributed by atoms with E-state index < -0.39 is 0 Å². The van der Waals surface area contributed by atoms with E-state index in [1.807, 2.05) is 12.5 Å². The molecule has 98 valence electrons. The van der Waals surface area contributed by atoms with Gasteiger partial charge in [0.2, 0.25) is 0 Å². The van der Waals surface area contributed by atoms with E-state index in [1.54, 1.807) is 0 Å². The normalized spacial score (nSPS) is 13.1. The first-order chi connectivity index (χ1) is 7.73. The molecule has 0 aliphatic carbocycles. The number of nitrogens with one attached hydrogen (secondary N) is 1. The Kier molecular flexibility index (Phi) is 4.36. The Morgan fingerprint density at radius 3 is 2.41 bits per heavy atom. The Morgan fingerprint density at radius 2 is 1.88 bits per heavy atom. The standard InChI is InChI=1S/C14H27N3/c1-7-14(5,6)10-17-11-15-8-12(17)9-16-13(2,3)4/h8,11,16H,7,9-10H2,1-6H3. The third-order valence-electron chi connectivity index (χ3n) is 3.15. The summed E-state index contributed by atoms with van der Waals surface area (Å²) in [7, 11) is 0. The highest BCUT2D eigenvalue weighted by molar-refractivity contribution is 4.99. The van der Waals surface area contributed by atoms with Crippen molar-refractivity contribution < 1.29 is 0 Å². The van der Waals surface area contributed by atoms with Crippen LogP contribution < -0.4 is 5.32 Å². The van der Waals surface area contributed by atoms with Crippen LogP contribution >= 0.6 is 0 Å². The van der Waals surface area contributed by atoms with Gasteiger partial charge in [0.25, 0.3) is 0 Å². The third-order valence-corrected chi connectivity index (χ3v) is 3.15. The van der Waals surface area contributed by atoms with Crippen LogP contribution in [0.15, 0.2) is 12.5 Å². The number of nitrogens with zero attached hydrogens (tertiary/aromatic N) is 2. The first-order valence-corrected chi connectivity index (χ1v) is 6.47. The molecule has 1 rings (SSSR count). The van der Waals surface area contributed by atoms with Crippen molar-refractivity contribution in [3.63, 3.8) is 0 Å². The maximum Gasteiger partial charge on any atom is 0.0948 e. The predicted molar refractivity (Wildman–Crippen MR) is 72.9 cm³/mol. The molecule has 0 bridgehead atoms. The zero-order valence-electron chi connectivity index (χ0n) is 12.2. The highest BCUT2D eigenvalue weighted by atomic mass is 15.1. The van der Waals surface area contributed by atoms with Gasteiger partial charge in [-0.2, -0.15) is 0 Å². The topological polar surface area (TPSA) is 29.9 Å². The second-order valence-corrected chi connectivity index (χ2v) is 6.63. The van der Waals surface area contributed by atoms with Crippen LogP contribution in [0, 0.1) is 5.41 Å². The fourth-order valence-electron chi connectivity index (χ4n) is 1.57. The molecule has 3 nitrogen and oxygen atoms in total. The van der Waals surface area contributed by atoms with E-state index in [4.69, 9.17) is 0 Å². The molecule has 0 aliphatic heterocycles. The van der Waals surface area contributed by atoms with Gasteiger partial charge in [-0.15, -0.1) is 0 Å². The minimum atomic E-state index is 0.148. The van der Waals surface area contributed by atoms with E-state index in [1.165, 1.54) is 12.1 Å². The SMILES string of the molecule is CCC(C)(C)Cn1cncc1CNC(C)(C)C. The first-order valence-electron chi connectivity index (χ1n) is 6.47. The molecular weight excluding hydrogens is 210 g/mol. The second-order valence-electron chi connectivity index (χ2n) is 6.63. The van der Waals surface area contributed by atoms with E-state index in [0.717, 1.165) is 13.1 Å². The zero-order chi connectivity index (χ0) is 13.1. The Morgan fingerprint density at radius 1 is 1.24 bits per heavy atom. The van der Waals surface area contributed by atoms with Crippen LogP contribution in [0.1, 0.15) is 53.7 Å². The van der Waals surface area contributed by atoms with Gasteiger partial charge in [0.15, 0.2) is 0 Å². The van der Waals surface area contributed by atoms with E-state index in [9.17, 15) is 0 Å². The number of aromatic nitrogens is 2. The van der Waals surface area contributed by atoms with Crippen molar-refractivity contribution in [3.8, 4) is 0 Å². The quantitative estimate of drug-likeness (QED) is 0.852. The minimum Gasteiger partial charge on any atom is -0.333 e. The minimum absolute atomic E-state index is 0.148. The molecule has 1 N–H and O–H groups in total. The molecule has 1 heterocycles. The number of hydrogen-bond acceptors (Lipinski definition) is 2. The van der Waals surface area contributed by atoms with Gasteiger partial charge in [-0.25, -0.2) is 4.98 Å². The zero-order valence-corrected chi connectivity index (χ0v) is 12.2. The molecule has 17 heavy (non-hydrogen) atoms. The molecule has 0 aliphatic rings. The smallest absolute Gasteiger partial charge is 0.0948 e. The van der Waals surface area contributed by atoms with Crippen molar-refractivity contribution in [2.24, 2.45) is 5.41 Å². The highest BCUT2D eigenvalue weighted by Crippen LogP contribution is 2.23. The van der Waals surface area contributed by atoms with Gasteiger partial charge in [-0.05, 0) is 32.6 Å². The molecule has 0 spiro atoms. The van der Waals surface area contributed by atoms with Crippen LogP contribution in [0.5, 0.6) is 0 Å². The van der Waals surface area contributed by atoms with Crippen molar-refractivity contribution in [3.05, 3.63) is 18.2 Å². The van der Waals surface area contributed by atoms with Crippen molar-refractivity contribution in [1.82, 2.24) is 14.9 Å². The molecule has 1 aromatic rings. The molecule has 0 saturated heterocycles. The monoisotopic (exact) mass is 237 g/mol. The van der Waals surface area contributed by atoms with Crippen molar-refractivity contribution in [1.29, 1.82) is 0 Å². The Bertz CT molecular complexity index is 345. The molecule has 0 radical (unpaired) electrons. The van der Waals surface area contributed by atoms with Gasteiger partial charge in [-0.3, -0.25) is 0 Å². The van der Waals surface area contributed by atoms with E-state index >= 15 is 0 Å². The summed E-state index contributed by atoms with van der Waals surface area (Å²) in [6.45, 7) is 15.3. The molecular formula is C14H27N3. The Hall–Kier alpha value is -0.830. The molecule has 0 unspecified atom stereocenters. The molecule has 0 amide bonds. The van der Waals surface area contributed by atoms with Gasteiger partial charge < -0.3 is 9.88 Å². The van der Waals surface area contributed by atoms with E-state index in [2.05, 4.69) is 56.4 Å². The molecule has 0 saturated carbocycles. The number of rotatable bonds is 5. The predicted octanol–water partition coefficient (Wildman–Crippen LogP) is 3.21. The van der Waals surface area contributed by atoms with Crippen LogP contribution in [0.3, 0.4) is 0 Å². The van der Waals surface area contributed by atoms with E-state index in [-0.39, 0.29) is 5.54 Å². The van der Waals surface area contributed by atoms with Crippen LogP contribution in [0.4, 0.5) is 0 Å². The summed E-state index contributed by atoms with van der Waals surface area (Å²) in [4.78, 5) is 4.26. The average molecular weight is 237 g/mol. The number of imidazole rings is 1. The van der Waals surface area contributed by atoms with Crippen LogP contribution in [-0.2, 0) is 13.1 Å². The number of hydrogen-bond donors (Lipinski definition) is 1. The third kappa shape index (κ3) is 4.90. The Labute approximate surface area is 106 Å². The van der Waals surface area contributed by atoms with Gasteiger partial charge in [0, 0.05) is 24.8 Å². The maximum absolute atomic E-state index is 4.26. The lowest BCUT2D eigenvalue weighted by molar-refractivity contribution is 0.288. The summed E-state index contributed by atoms with van der Waals surface area (Å²) in [6.07, 6.45) is 5.08. The second kappa shape index (κ2) is 5.21. The molecule has 0 atom stereocenters. The van der Waals surface area contributed by atoms with Crippen LogP contribution in [-0.4, -0.2) is 15.1 Å². The molecule has 0 fully saturated rings. The summed E-state index contributed by atoms with van der Waals surface area (Å²) < 4.78 is 2.27. The van der Waals surface area contributed by atoms with Crippen molar-refractivity contribution in [2.75, 3.05) is 0 Å². The van der Waals surface area contributed by atoms with Gasteiger partial charge in [-0.1, -0.05) is 20.8 Å². The summed E-state index contributed by atoms with van der Waals surface area (Å²) in [5.74, 6) is 0. The fraction of sp³-hybridized carbons (Fsp3) is 0.786. The lowest BCUT2D eigenvalue weighted by atomic mass is 9.90. The van der Waals surface area contributed by atoms with Crippen LogP contribution in [0.2, 0.25) is 0 Å². The largest absolute Gasteiger partial charge is 0.333 e.